The Hall–Kier alpha value is -1.38. The summed E-state index contributed by atoms with van der Waals surface area (Å²) in [5, 5.41) is 0. The van der Waals surface area contributed by atoms with Crippen molar-refractivity contribution in [2.24, 2.45) is 0 Å². The average Bonchev–Trinajstić information content (AvgIpc) is 2.26. The molecule has 1 aromatic rings. The molecule has 0 aromatic heterocycles. The van der Waals surface area contributed by atoms with Crippen molar-refractivity contribution in [1.82, 2.24) is 0 Å². The SMILES string of the molecule is CC=COP(=O)(O)C(=O)c1ccc(C)cc1. The minimum atomic E-state index is -4.26. The van der Waals surface area contributed by atoms with Gasteiger partial charge in [0.2, 0.25) is 0 Å². The van der Waals surface area contributed by atoms with Crippen molar-refractivity contribution >= 4 is 13.1 Å². The van der Waals surface area contributed by atoms with Crippen LogP contribution in [0, 0.1) is 6.92 Å². The van der Waals surface area contributed by atoms with Crippen LogP contribution in [-0.4, -0.2) is 10.4 Å². The van der Waals surface area contributed by atoms with Gasteiger partial charge in [0, 0.05) is 5.56 Å². The molecule has 1 atom stereocenters. The fraction of sp³-hybridized carbons (Fsp3) is 0.182. The Kier molecular flexibility index (Phi) is 4.05. The molecule has 5 heteroatoms. The van der Waals surface area contributed by atoms with Crippen molar-refractivity contribution in [3.05, 3.63) is 47.7 Å². The molecule has 4 nitrogen and oxygen atoms in total. The van der Waals surface area contributed by atoms with Gasteiger partial charge < -0.3 is 9.42 Å². The van der Waals surface area contributed by atoms with E-state index < -0.39 is 13.1 Å². The minimum Gasteiger partial charge on any atom is -0.428 e. The second-order valence-corrected chi connectivity index (χ2v) is 4.92. The van der Waals surface area contributed by atoms with Crippen molar-refractivity contribution in [1.29, 1.82) is 0 Å². The van der Waals surface area contributed by atoms with E-state index in [1.165, 1.54) is 18.2 Å². The zero-order valence-corrected chi connectivity index (χ0v) is 9.98. The number of hydrogen-bond acceptors (Lipinski definition) is 3. The average molecular weight is 240 g/mol. The number of carbonyl (C=O) groups is 1. The van der Waals surface area contributed by atoms with Crippen LogP contribution in [0.2, 0.25) is 0 Å². The largest absolute Gasteiger partial charge is 0.448 e. The molecular weight excluding hydrogens is 227 g/mol. The highest BCUT2D eigenvalue weighted by Crippen LogP contribution is 2.45. The van der Waals surface area contributed by atoms with Crippen LogP contribution in [0.25, 0.3) is 0 Å². The molecule has 0 fully saturated rings. The van der Waals surface area contributed by atoms with Crippen molar-refractivity contribution in [2.45, 2.75) is 13.8 Å². The quantitative estimate of drug-likeness (QED) is 0.649. The molecule has 0 aliphatic rings. The topological polar surface area (TPSA) is 63.6 Å². The summed E-state index contributed by atoms with van der Waals surface area (Å²) in [5.41, 5.74) is 0.241. The fourth-order valence-corrected chi connectivity index (χ4v) is 1.91. The number of hydrogen-bond donors (Lipinski definition) is 1. The standard InChI is InChI=1S/C11H13O4P/c1-3-8-15-16(13,14)11(12)10-6-4-9(2)5-7-10/h3-8H,1-2H3,(H,13,14). The number of aryl methyl sites for hydroxylation is 1. The third kappa shape index (κ3) is 3.05. The predicted molar refractivity (Wildman–Crippen MR) is 61.2 cm³/mol. The molecule has 0 bridgehead atoms. The Labute approximate surface area is 94.1 Å². The van der Waals surface area contributed by atoms with E-state index in [1.807, 2.05) is 6.92 Å². The highest BCUT2D eigenvalue weighted by molar-refractivity contribution is 7.71. The lowest BCUT2D eigenvalue weighted by atomic mass is 10.2. The van der Waals surface area contributed by atoms with Crippen LogP contribution in [0.15, 0.2) is 36.6 Å². The van der Waals surface area contributed by atoms with Gasteiger partial charge in [-0.2, -0.15) is 0 Å². The summed E-state index contributed by atoms with van der Waals surface area (Å²) in [7, 11) is -4.26. The minimum absolute atomic E-state index is 0.168. The first-order valence-electron chi connectivity index (χ1n) is 4.71. The van der Waals surface area contributed by atoms with Crippen molar-refractivity contribution < 1.29 is 18.8 Å². The number of rotatable bonds is 4. The highest BCUT2D eigenvalue weighted by atomic mass is 31.2. The molecule has 1 N–H and O–H groups in total. The summed E-state index contributed by atoms with van der Waals surface area (Å²) >= 11 is 0. The lowest BCUT2D eigenvalue weighted by Gasteiger charge is -2.08. The Balaban J connectivity index is 2.93. The number of benzene rings is 1. The molecule has 1 unspecified atom stereocenters. The van der Waals surface area contributed by atoms with Gasteiger partial charge >= 0.3 is 7.60 Å². The number of carbonyl (C=O) groups excluding carboxylic acids is 1. The predicted octanol–water partition coefficient (Wildman–Crippen LogP) is 2.87. The smallest absolute Gasteiger partial charge is 0.428 e. The monoisotopic (exact) mass is 240 g/mol. The van der Waals surface area contributed by atoms with E-state index in [2.05, 4.69) is 4.52 Å². The highest BCUT2D eigenvalue weighted by Gasteiger charge is 2.31. The van der Waals surface area contributed by atoms with E-state index in [1.54, 1.807) is 19.1 Å². The van der Waals surface area contributed by atoms with Crippen LogP contribution < -0.4 is 0 Å². The van der Waals surface area contributed by atoms with Gasteiger partial charge in [0.1, 0.15) is 0 Å². The second kappa shape index (κ2) is 5.10. The zero-order chi connectivity index (χ0) is 12.2. The summed E-state index contributed by atoms with van der Waals surface area (Å²) in [6, 6.07) is 6.39. The Morgan fingerprint density at radius 1 is 1.38 bits per heavy atom. The van der Waals surface area contributed by atoms with Gasteiger partial charge in [0.25, 0.3) is 5.52 Å². The Bertz CT molecular complexity index is 448. The molecule has 0 saturated carbocycles. The third-order valence-electron chi connectivity index (χ3n) is 1.89. The van der Waals surface area contributed by atoms with Gasteiger partial charge in [0.15, 0.2) is 0 Å². The van der Waals surface area contributed by atoms with E-state index in [-0.39, 0.29) is 5.56 Å². The molecule has 0 spiro atoms. The molecule has 0 aliphatic heterocycles. The number of allylic oxidation sites excluding steroid dienone is 1. The maximum atomic E-state index is 11.6. The van der Waals surface area contributed by atoms with E-state index in [4.69, 9.17) is 0 Å². The first-order valence-corrected chi connectivity index (χ1v) is 6.29. The van der Waals surface area contributed by atoms with Crippen molar-refractivity contribution in [3.8, 4) is 0 Å². The van der Waals surface area contributed by atoms with E-state index in [9.17, 15) is 14.3 Å². The Morgan fingerprint density at radius 3 is 2.44 bits per heavy atom. The summed E-state index contributed by atoms with van der Waals surface area (Å²) in [6.07, 6.45) is 2.47. The van der Waals surface area contributed by atoms with Crippen LogP contribution in [0.4, 0.5) is 0 Å². The first kappa shape index (κ1) is 12.7. The molecule has 0 radical (unpaired) electrons. The fourth-order valence-electron chi connectivity index (χ4n) is 1.05. The van der Waals surface area contributed by atoms with Gasteiger partial charge in [-0.05, 0) is 13.8 Å². The Morgan fingerprint density at radius 2 is 1.94 bits per heavy atom. The van der Waals surface area contributed by atoms with Gasteiger partial charge in [-0.3, -0.25) is 4.79 Å². The van der Waals surface area contributed by atoms with E-state index in [0.29, 0.717) is 0 Å². The summed E-state index contributed by atoms with van der Waals surface area (Å²) in [4.78, 5) is 21.0. The molecule has 1 aromatic carbocycles. The van der Waals surface area contributed by atoms with Gasteiger partial charge in [-0.25, -0.2) is 4.57 Å². The summed E-state index contributed by atoms with van der Waals surface area (Å²) in [6.45, 7) is 3.49. The summed E-state index contributed by atoms with van der Waals surface area (Å²) < 4.78 is 16.0. The third-order valence-corrected chi connectivity index (χ3v) is 3.07. The van der Waals surface area contributed by atoms with Crippen molar-refractivity contribution in [2.75, 3.05) is 0 Å². The maximum Gasteiger partial charge on any atom is 0.448 e. The molecule has 0 heterocycles. The van der Waals surface area contributed by atoms with E-state index >= 15 is 0 Å². The van der Waals surface area contributed by atoms with Gasteiger partial charge in [0.05, 0.1) is 6.26 Å². The second-order valence-electron chi connectivity index (χ2n) is 3.27. The zero-order valence-electron chi connectivity index (χ0n) is 9.08. The molecule has 0 aliphatic carbocycles. The molecule has 0 saturated heterocycles. The molecule has 1 rings (SSSR count). The molecule has 86 valence electrons. The molecule has 16 heavy (non-hydrogen) atoms. The molecular formula is C11H13O4P. The van der Waals surface area contributed by atoms with E-state index in [0.717, 1.165) is 11.8 Å². The normalized spacial score (nSPS) is 14.7. The van der Waals surface area contributed by atoms with Crippen molar-refractivity contribution in [3.63, 3.8) is 0 Å². The summed E-state index contributed by atoms with van der Waals surface area (Å²) in [5.74, 6) is 0. The van der Waals surface area contributed by atoms with Crippen LogP contribution in [0.5, 0.6) is 0 Å². The van der Waals surface area contributed by atoms with Crippen LogP contribution in [-0.2, 0) is 9.09 Å². The lowest BCUT2D eigenvalue weighted by Crippen LogP contribution is -2.01. The van der Waals surface area contributed by atoms with Crippen LogP contribution >= 0.6 is 7.60 Å². The first-order chi connectivity index (χ1) is 7.47. The van der Waals surface area contributed by atoms with Gasteiger partial charge in [-0.1, -0.05) is 35.9 Å². The van der Waals surface area contributed by atoms with Gasteiger partial charge in [-0.15, -0.1) is 0 Å². The maximum absolute atomic E-state index is 11.6. The van der Waals surface area contributed by atoms with Crippen LogP contribution in [0.3, 0.4) is 0 Å². The van der Waals surface area contributed by atoms with Crippen LogP contribution in [0.1, 0.15) is 22.8 Å². The molecule has 0 amide bonds. The lowest BCUT2D eigenvalue weighted by molar-refractivity contribution is 0.103.